The summed E-state index contributed by atoms with van der Waals surface area (Å²) in [5, 5.41) is 13.9. The third-order valence-electron chi connectivity index (χ3n) is 12.2. The summed E-state index contributed by atoms with van der Waals surface area (Å²) in [5.41, 5.74) is 0. The number of phosphoric acid groups is 1. The first-order chi connectivity index (χ1) is 30.0. The number of aliphatic hydroxyl groups is 1. The Kier molecular flexibility index (Phi) is 44.4. The molecule has 62 heavy (non-hydrogen) atoms. The second-order valence-corrected chi connectivity index (χ2v) is 21.1. The summed E-state index contributed by atoms with van der Waals surface area (Å²) in [4.78, 5) is 23.2. The summed E-state index contributed by atoms with van der Waals surface area (Å²) >= 11 is 0. The Morgan fingerprint density at radius 3 is 1.24 bits per heavy atom. The topological polar surface area (TPSA) is 105 Å². The number of unbranched alkanes of at least 4 members (excludes halogenated alkanes) is 34. The summed E-state index contributed by atoms with van der Waals surface area (Å²) in [6.45, 7) is 4.84. The average molecular weight is 898 g/mol. The molecule has 0 aromatic carbocycles. The highest BCUT2D eigenvalue weighted by atomic mass is 31.2. The Balaban J connectivity index is 4.28. The number of aliphatic hydroxyl groups excluding tert-OH is 1. The van der Waals surface area contributed by atoms with Gasteiger partial charge in [0, 0.05) is 6.42 Å². The lowest BCUT2D eigenvalue weighted by Gasteiger charge is -2.25. The lowest BCUT2D eigenvalue weighted by Crippen LogP contribution is -2.45. The van der Waals surface area contributed by atoms with E-state index < -0.39 is 20.0 Å². The maximum absolute atomic E-state index is 12.9. The summed E-state index contributed by atoms with van der Waals surface area (Å²) < 4.78 is 23.7. The van der Waals surface area contributed by atoms with Crippen LogP contribution in [0.5, 0.6) is 0 Å². The zero-order valence-electron chi connectivity index (χ0n) is 41.9. The Morgan fingerprint density at radius 1 is 0.532 bits per heavy atom. The summed E-state index contributed by atoms with van der Waals surface area (Å²) in [6.07, 6.45) is 55.5. The van der Waals surface area contributed by atoms with Crippen LogP contribution in [0.1, 0.15) is 258 Å². The van der Waals surface area contributed by atoms with Crippen LogP contribution in [0.3, 0.4) is 0 Å². The first-order valence-electron chi connectivity index (χ1n) is 26.7. The number of phosphoric ester groups is 1. The van der Waals surface area contributed by atoms with E-state index in [1.165, 1.54) is 186 Å². The van der Waals surface area contributed by atoms with Crippen molar-refractivity contribution in [3.8, 4) is 0 Å². The molecule has 0 aliphatic carbocycles. The van der Waals surface area contributed by atoms with Gasteiger partial charge in [-0.1, -0.05) is 231 Å². The smallest absolute Gasteiger partial charge is 0.387 e. The number of carbonyl (C=O) groups excluding carboxylic acids is 1. The van der Waals surface area contributed by atoms with Gasteiger partial charge in [-0.25, -0.2) is 4.57 Å². The normalized spacial score (nSPS) is 14.2. The minimum absolute atomic E-state index is 0.0614. The fourth-order valence-electron chi connectivity index (χ4n) is 7.92. The van der Waals surface area contributed by atoms with Crippen LogP contribution in [-0.2, 0) is 18.4 Å². The van der Waals surface area contributed by atoms with Crippen molar-refractivity contribution in [2.75, 3.05) is 40.9 Å². The Bertz CT molecular complexity index is 1060. The zero-order chi connectivity index (χ0) is 45.7. The molecule has 3 atom stereocenters. The molecule has 3 N–H and O–H groups in total. The first-order valence-corrected chi connectivity index (χ1v) is 28.2. The fourth-order valence-corrected chi connectivity index (χ4v) is 8.66. The molecule has 0 saturated carbocycles. The van der Waals surface area contributed by atoms with E-state index in [9.17, 15) is 19.4 Å². The number of likely N-dealkylation sites (N-methyl/N-ethyl adjacent to an activating group) is 1. The third-order valence-corrected chi connectivity index (χ3v) is 13.1. The lowest BCUT2D eigenvalue weighted by atomic mass is 10.0. The largest absolute Gasteiger partial charge is 0.472 e. The van der Waals surface area contributed by atoms with Crippen LogP contribution >= 0.6 is 7.82 Å². The van der Waals surface area contributed by atoms with Crippen molar-refractivity contribution < 1.29 is 32.9 Å². The van der Waals surface area contributed by atoms with Gasteiger partial charge in [0.1, 0.15) is 13.2 Å². The van der Waals surface area contributed by atoms with E-state index in [1.807, 2.05) is 27.2 Å². The number of hydrogen-bond donors (Lipinski definition) is 3. The van der Waals surface area contributed by atoms with Crippen molar-refractivity contribution in [1.82, 2.24) is 5.32 Å². The predicted octanol–water partition coefficient (Wildman–Crippen LogP) is 15.6. The van der Waals surface area contributed by atoms with Gasteiger partial charge in [-0.3, -0.25) is 13.8 Å². The highest BCUT2D eigenvalue weighted by Crippen LogP contribution is 2.43. The first kappa shape index (κ1) is 61.0. The number of hydrogen-bond acceptors (Lipinski definition) is 5. The van der Waals surface area contributed by atoms with Gasteiger partial charge in [0.2, 0.25) is 5.91 Å². The summed E-state index contributed by atoms with van der Waals surface area (Å²) in [5.74, 6) is -0.182. The number of allylic oxidation sites excluding steroid dienone is 3. The second-order valence-electron chi connectivity index (χ2n) is 19.6. The van der Waals surface area contributed by atoms with Crippen molar-refractivity contribution in [3.63, 3.8) is 0 Å². The Hall–Kier alpha value is -1.02. The van der Waals surface area contributed by atoms with E-state index in [2.05, 4.69) is 31.3 Å². The molecule has 0 aliphatic heterocycles. The predicted molar refractivity (Wildman–Crippen MR) is 268 cm³/mol. The molecule has 0 rings (SSSR count). The molecule has 0 aromatic heterocycles. The van der Waals surface area contributed by atoms with Crippen molar-refractivity contribution in [3.05, 3.63) is 24.3 Å². The molecule has 0 fully saturated rings. The van der Waals surface area contributed by atoms with Gasteiger partial charge < -0.3 is 19.8 Å². The Morgan fingerprint density at radius 2 is 0.871 bits per heavy atom. The number of quaternary nitrogens is 1. The maximum Gasteiger partial charge on any atom is 0.472 e. The van der Waals surface area contributed by atoms with Crippen LogP contribution in [0.2, 0.25) is 0 Å². The van der Waals surface area contributed by atoms with E-state index in [0.29, 0.717) is 17.4 Å². The lowest BCUT2D eigenvalue weighted by molar-refractivity contribution is -0.870. The summed E-state index contributed by atoms with van der Waals surface area (Å²) in [7, 11) is 1.58. The van der Waals surface area contributed by atoms with Crippen LogP contribution in [0.25, 0.3) is 0 Å². The van der Waals surface area contributed by atoms with Crippen LogP contribution in [0.15, 0.2) is 24.3 Å². The van der Waals surface area contributed by atoms with Crippen molar-refractivity contribution in [2.24, 2.45) is 0 Å². The van der Waals surface area contributed by atoms with Crippen LogP contribution in [0.4, 0.5) is 0 Å². The molecule has 0 radical (unpaired) electrons. The van der Waals surface area contributed by atoms with Gasteiger partial charge in [-0.05, 0) is 44.9 Å². The zero-order valence-corrected chi connectivity index (χ0v) is 42.8. The molecule has 1 amide bonds. The van der Waals surface area contributed by atoms with Gasteiger partial charge in [0.25, 0.3) is 0 Å². The monoisotopic (exact) mass is 898 g/mol. The molecular weight excluding hydrogens is 792 g/mol. The number of rotatable bonds is 49. The van der Waals surface area contributed by atoms with E-state index in [1.54, 1.807) is 6.08 Å². The SMILES string of the molecule is CCCCCCCCCCC/C=C\CCCCCCCC(=O)NC(COP(=O)(O)OCC[N+](C)(C)C)C(O)/C=C/CCCCCCCCCCCCCCCCCCCCCC. The minimum Gasteiger partial charge on any atom is -0.387 e. The van der Waals surface area contributed by atoms with Crippen molar-refractivity contribution >= 4 is 13.7 Å². The standard InChI is InChI=1S/C53H105N2O6P/c1-6-8-10-12-14-16-18-20-22-24-26-27-28-29-30-32-34-36-38-40-42-44-46-52(56)51(50-61-62(58,59)60-49-48-55(3,4)5)54-53(57)47-45-43-41-39-37-35-33-31-25-23-21-19-17-15-13-11-9-7-2/h31,33,44,46,51-52,56H,6-30,32,34-43,45,47-50H2,1-5H3,(H-,54,57,58,59)/p+1/b33-31-,46-44+. The fraction of sp³-hybridized carbons (Fsp3) is 0.906. The van der Waals surface area contributed by atoms with Crippen LogP contribution in [-0.4, -0.2) is 73.4 Å². The van der Waals surface area contributed by atoms with Crippen molar-refractivity contribution in [2.45, 2.75) is 270 Å². The molecule has 0 spiro atoms. The average Bonchev–Trinajstić information content (AvgIpc) is 3.23. The molecule has 0 aromatic rings. The molecular formula is C53H106N2O6P+. The van der Waals surface area contributed by atoms with Crippen LogP contribution < -0.4 is 5.32 Å². The molecule has 0 bridgehead atoms. The number of nitrogens with zero attached hydrogens (tertiary/aromatic N) is 1. The number of nitrogens with one attached hydrogen (secondary N) is 1. The summed E-state index contributed by atoms with van der Waals surface area (Å²) in [6, 6.07) is -0.849. The molecule has 0 saturated heterocycles. The molecule has 9 heteroatoms. The van der Waals surface area contributed by atoms with Crippen LogP contribution in [0, 0.1) is 0 Å². The van der Waals surface area contributed by atoms with E-state index in [-0.39, 0.29) is 19.1 Å². The van der Waals surface area contributed by atoms with E-state index >= 15 is 0 Å². The van der Waals surface area contributed by atoms with Gasteiger partial charge in [0.05, 0.1) is 39.9 Å². The molecule has 368 valence electrons. The highest BCUT2D eigenvalue weighted by Gasteiger charge is 2.27. The highest BCUT2D eigenvalue weighted by molar-refractivity contribution is 7.47. The third kappa shape index (κ3) is 47.0. The van der Waals surface area contributed by atoms with E-state index in [4.69, 9.17) is 9.05 Å². The van der Waals surface area contributed by atoms with Crippen molar-refractivity contribution in [1.29, 1.82) is 0 Å². The molecule has 0 aliphatic rings. The quantitative estimate of drug-likeness (QED) is 0.0243. The van der Waals surface area contributed by atoms with Gasteiger partial charge in [0.15, 0.2) is 0 Å². The van der Waals surface area contributed by atoms with Gasteiger partial charge in [-0.15, -0.1) is 0 Å². The molecule has 0 heterocycles. The maximum atomic E-state index is 12.9. The molecule has 3 unspecified atom stereocenters. The molecule has 8 nitrogen and oxygen atoms in total. The number of carbonyl (C=O) groups is 1. The second kappa shape index (κ2) is 45.1. The van der Waals surface area contributed by atoms with Gasteiger partial charge in [-0.2, -0.15) is 0 Å². The number of amides is 1. The van der Waals surface area contributed by atoms with E-state index in [0.717, 1.165) is 51.4 Å². The van der Waals surface area contributed by atoms with Gasteiger partial charge >= 0.3 is 7.82 Å². The minimum atomic E-state index is -4.34. The Labute approximate surface area is 385 Å².